The molecule has 1 aromatic heterocycles. The highest BCUT2D eigenvalue weighted by atomic mass is 35.5. The van der Waals surface area contributed by atoms with E-state index in [1.165, 1.54) is 6.20 Å². The second-order valence-electron chi connectivity index (χ2n) is 3.21. The molecule has 15 heavy (non-hydrogen) atoms. The summed E-state index contributed by atoms with van der Waals surface area (Å²) in [5, 5.41) is 10.5. The van der Waals surface area contributed by atoms with Gasteiger partial charge in [0.15, 0.2) is 0 Å². The van der Waals surface area contributed by atoms with Crippen molar-refractivity contribution in [1.29, 1.82) is 0 Å². The van der Waals surface area contributed by atoms with Gasteiger partial charge in [0.2, 0.25) is 0 Å². The van der Waals surface area contributed by atoms with Gasteiger partial charge in [-0.05, 0) is 11.6 Å². The topological polar surface area (TPSA) is 33.1 Å². The van der Waals surface area contributed by atoms with Crippen molar-refractivity contribution in [2.75, 3.05) is 0 Å². The van der Waals surface area contributed by atoms with Crippen molar-refractivity contribution in [2.24, 2.45) is 0 Å². The number of rotatable bonds is 2. The second kappa shape index (κ2) is 4.43. The van der Waals surface area contributed by atoms with Crippen LogP contribution in [0.1, 0.15) is 17.2 Å². The Morgan fingerprint density at radius 3 is 2.53 bits per heavy atom. The Balaban J connectivity index is 2.37. The van der Waals surface area contributed by atoms with Crippen molar-refractivity contribution in [1.82, 2.24) is 4.98 Å². The summed E-state index contributed by atoms with van der Waals surface area (Å²) in [5.41, 5.74) is 1.50. The number of aliphatic hydroxyl groups is 1. The molecule has 0 spiro atoms. The smallest absolute Gasteiger partial charge is 0.106 e. The minimum atomic E-state index is -0.693. The molecule has 1 aromatic carbocycles. The average molecular weight is 220 g/mol. The fraction of sp³-hybridized carbons (Fsp3) is 0.0833. The Labute approximate surface area is 93.2 Å². The Hall–Kier alpha value is -1.38. The summed E-state index contributed by atoms with van der Waals surface area (Å²) in [5.74, 6) is 0. The van der Waals surface area contributed by atoms with Gasteiger partial charge < -0.3 is 5.11 Å². The maximum Gasteiger partial charge on any atom is 0.106 e. The quantitative estimate of drug-likeness (QED) is 0.843. The predicted octanol–water partition coefficient (Wildman–Crippen LogP) is 2.82. The number of halogens is 1. The molecule has 0 aliphatic heterocycles. The zero-order valence-electron chi connectivity index (χ0n) is 7.97. The van der Waals surface area contributed by atoms with Crippen molar-refractivity contribution in [2.45, 2.75) is 6.10 Å². The van der Waals surface area contributed by atoms with Gasteiger partial charge in [0, 0.05) is 18.0 Å². The van der Waals surface area contributed by atoms with Gasteiger partial charge in [-0.1, -0.05) is 41.9 Å². The van der Waals surface area contributed by atoms with Gasteiger partial charge in [-0.15, -0.1) is 0 Å². The van der Waals surface area contributed by atoms with Crippen molar-refractivity contribution >= 4 is 11.6 Å². The monoisotopic (exact) mass is 219 g/mol. The molecule has 0 aliphatic rings. The van der Waals surface area contributed by atoms with Gasteiger partial charge in [0.25, 0.3) is 0 Å². The third kappa shape index (κ3) is 2.17. The number of aromatic nitrogens is 1. The highest BCUT2D eigenvalue weighted by molar-refractivity contribution is 6.31. The lowest BCUT2D eigenvalue weighted by Gasteiger charge is -2.12. The standard InChI is InChI=1S/C12H10ClNO/c13-11-8-14-7-6-10(11)12(15)9-4-2-1-3-5-9/h1-8,12,15H. The molecule has 2 aromatic rings. The first-order valence-electron chi connectivity index (χ1n) is 4.61. The Morgan fingerprint density at radius 2 is 1.87 bits per heavy atom. The van der Waals surface area contributed by atoms with E-state index >= 15 is 0 Å². The fourth-order valence-electron chi connectivity index (χ4n) is 1.42. The van der Waals surface area contributed by atoms with Gasteiger partial charge >= 0.3 is 0 Å². The summed E-state index contributed by atoms with van der Waals surface area (Å²) in [6, 6.07) is 11.1. The lowest BCUT2D eigenvalue weighted by Crippen LogP contribution is -2.00. The number of nitrogens with zero attached hydrogens (tertiary/aromatic N) is 1. The van der Waals surface area contributed by atoms with E-state index in [2.05, 4.69) is 4.98 Å². The number of hydrogen-bond donors (Lipinski definition) is 1. The van der Waals surface area contributed by atoms with Crippen LogP contribution in [0.5, 0.6) is 0 Å². The van der Waals surface area contributed by atoms with E-state index in [0.29, 0.717) is 10.6 Å². The molecule has 0 saturated heterocycles. The second-order valence-corrected chi connectivity index (χ2v) is 3.62. The minimum absolute atomic E-state index is 0.480. The highest BCUT2D eigenvalue weighted by Crippen LogP contribution is 2.26. The SMILES string of the molecule is OC(c1ccccc1)c1ccncc1Cl. The molecule has 0 radical (unpaired) electrons. The summed E-state index contributed by atoms with van der Waals surface area (Å²) < 4.78 is 0. The summed E-state index contributed by atoms with van der Waals surface area (Å²) in [4.78, 5) is 3.88. The van der Waals surface area contributed by atoms with Crippen LogP contribution in [0.15, 0.2) is 48.8 Å². The fourth-order valence-corrected chi connectivity index (χ4v) is 1.65. The summed E-state index contributed by atoms with van der Waals surface area (Å²) in [6.07, 6.45) is 2.46. The summed E-state index contributed by atoms with van der Waals surface area (Å²) in [6.45, 7) is 0. The van der Waals surface area contributed by atoms with Crippen LogP contribution in [0, 0.1) is 0 Å². The normalized spacial score (nSPS) is 12.4. The number of hydrogen-bond acceptors (Lipinski definition) is 2. The Bertz CT molecular complexity index is 444. The molecule has 76 valence electrons. The summed E-state index contributed by atoms with van der Waals surface area (Å²) in [7, 11) is 0. The molecular formula is C12H10ClNO. The van der Waals surface area contributed by atoms with Crippen LogP contribution in [0.2, 0.25) is 5.02 Å². The van der Waals surface area contributed by atoms with Crippen LogP contribution in [0.3, 0.4) is 0 Å². The highest BCUT2D eigenvalue weighted by Gasteiger charge is 2.12. The lowest BCUT2D eigenvalue weighted by molar-refractivity contribution is 0.220. The van der Waals surface area contributed by atoms with E-state index < -0.39 is 6.10 Å². The zero-order valence-corrected chi connectivity index (χ0v) is 8.72. The van der Waals surface area contributed by atoms with Crippen LogP contribution in [-0.4, -0.2) is 10.1 Å². The molecule has 0 fully saturated rings. The zero-order chi connectivity index (χ0) is 10.7. The first-order chi connectivity index (χ1) is 7.29. The molecule has 2 nitrogen and oxygen atoms in total. The largest absolute Gasteiger partial charge is 0.384 e. The number of benzene rings is 1. The average Bonchev–Trinajstić information content (AvgIpc) is 2.30. The van der Waals surface area contributed by atoms with Crippen molar-refractivity contribution in [3.8, 4) is 0 Å². The number of pyridine rings is 1. The van der Waals surface area contributed by atoms with Gasteiger partial charge in [0.1, 0.15) is 6.10 Å². The van der Waals surface area contributed by atoms with Gasteiger partial charge in [-0.2, -0.15) is 0 Å². The first-order valence-corrected chi connectivity index (χ1v) is 4.99. The molecule has 1 atom stereocenters. The number of aliphatic hydroxyl groups excluding tert-OH is 1. The molecule has 0 amide bonds. The van der Waals surface area contributed by atoms with Crippen LogP contribution in [0.4, 0.5) is 0 Å². The molecule has 0 bridgehead atoms. The molecule has 1 unspecified atom stereocenters. The van der Waals surface area contributed by atoms with E-state index in [9.17, 15) is 5.11 Å². The van der Waals surface area contributed by atoms with E-state index in [1.807, 2.05) is 30.3 Å². The van der Waals surface area contributed by atoms with E-state index in [1.54, 1.807) is 12.3 Å². The van der Waals surface area contributed by atoms with E-state index in [0.717, 1.165) is 5.56 Å². The molecule has 2 rings (SSSR count). The van der Waals surface area contributed by atoms with Gasteiger partial charge in [-0.25, -0.2) is 0 Å². The van der Waals surface area contributed by atoms with Gasteiger partial charge in [-0.3, -0.25) is 4.98 Å². The van der Waals surface area contributed by atoms with Crippen LogP contribution < -0.4 is 0 Å². The van der Waals surface area contributed by atoms with Crippen LogP contribution in [-0.2, 0) is 0 Å². The maximum absolute atomic E-state index is 10.1. The third-order valence-electron chi connectivity index (χ3n) is 2.21. The lowest BCUT2D eigenvalue weighted by atomic mass is 10.0. The molecule has 3 heteroatoms. The van der Waals surface area contributed by atoms with Crippen molar-refractivity contribution in [3.05, 3.63) is 64.9 Å². The maximum atomic E-state index is 10.1. The molecule has 0 saturated carbocycles. The van der Waals surface area contributed by atoms with Crippen LogP contribution in [0.25, 0.3) is 0 Å². The van der Waals surface area contributed by atoms with Crippen molar-refractivity contribution < 1.29 is 5.11 Å². The van der Waals surface area contributed by atoms with E-state index in [-0.39, 0.29) is 0 Å². The van der Waals surface area contributed by atoms with E-state index in [4.69, 9.17) is 11.6 Å². The first kappa shape index (κ1) is 10.1. The van der Waals surface area contributed by atoms with Crippen molar-refractivity contribution in [3.63, 3.8) is 0 Å². The van der Waals surface area contributed by atoms with Crippen LogP contribution >= 0.6 is 11.6 Å². The minimum Gasteiger partial charge on any atom is -0.384 e. The molecule has 0 aliphatic carbocycles. The summed E-state index contributed by atoms with van der Waals surface area (Å²) >= 11 is 5.95. The molecular weight excluding hydrogens is 210 g/mol. The van der Waals surface area contributed by atoms with Gasteiger partial charge in [0.05, 0.1) is 5.02 Å². The predicted molar refractivity (Wildman–Crippen MR) is 59.8 cm³/mol. The third-order valence-corrected chi connectivity index (χ3v) is 2.53. The molecule has 1 heterocycles. The Kier molecular flexibility index (Phi) is 2.99. The molecule has 1 N–H and O–H groups in total. The Morgan fingerprint density at radius 1 is 1.13 bits per heavy atom.